The van der Waals surface area contributed by atoms with Crippen LogP contribution in [0.5, 0.6) is 5.75 Å². The minimum atomic E-state index is -1.05. The molecule has 2 amide bonds. The van der Waals surface area contributed by atoms with Gasteiger partial charge in [-0.25, -0.2) is 9.59 Å². The maximum absolute atomic E-state index is 11.8. The van der Waals surface area contributed by atoms with E-state index in [-0.39, 0.29) is 5.92 Å². The van der Waals surface area contributed by atoms with Gasteiger partial charge in [0.05, 0.1) is 11.6 Å². The Morgan fingerprint density at radius 3 is 2.52 bits per heavy atom. The smallest absolute Gasteiger partial charge is 0.326 e. The second-order valence-electron chi connectivity index (χ2n) is 4.97. The lowest BCUT2D eigenvalue weighted by molar-refractivity contribution is -0.139. The molecular formula is C14H19BrN2O4. The Morgan fingerprint density at radius 1 is 1.38 bits per heavy atom. The number of carboxylic acid groups (broad SMARTS) is 1. The van der Waals surface area contributed by atoms with Crippen LogP contribution in [0.15, 0.2) is 22.7 Å². The van der Waals surface area contributed by atoms with Gasteiger partial charge in [-0.1, -0.05) is 13.8 Å². The van der Waals surface area contributed by atoms with Crippen LogP contribution in [0, 0.1) is 5.92 Å². The highest BCUT2D eigenvalue weighted by Gasteiger charge is 2.21. The SMILES string of the molecule is COc1ccc(NC(=O)N[C@H](CC(C)C)C(=O)O)cc1Br. The first kappa shape index (κ1) is 17.3. The molecule has 0 radical (unpaired) electrons. The van der Waals surface area contributed by atoms with E-state index in [0.29, 0.717) is 22.3 Å². The Morgan fingerprint density at radius 2 is 2.05 bits per heavy atom. The zero-order valence-corrected chi connectivity index (χ0v) is 13.7. The molecule has 1 aromatic rings. The van der Waals surface area contributed by atoms with Gasteiger partial charge in [0.15, 0.2) is 0 Å². The number of aliphatic carboxylic acids is 1. The molecule has 0 aliphatic heterocycles. The van der Waals surface area contributed by atoms with Gasteiger partial charge in [-0.3, -0.25) is 0 Å². The first-order valence-electron chi connectivity index (χ1n) is 6.47. The quantitative estimate of drug-likeness (QED) is 0.728. The van der Waals surface area contributed by atoms with Crippen molar-refractivity contribution in [3.63, 3.8) is 0 Å². The van der Waals surface area contributed by atoms with Crippen molar-refractivity contribution in [1.82, 2.24) is 5.32 Å². The van der Waals surface area contributed by atoms with Crippen LogP contribution in [0.25, 0.3) is 0 Å². The average molecular weight is 359 g/mol. The number of amides is 2. The predicted octanol–water partition coefficient (Wildman–Crippen LogP) is 3.08. The summed E-state index contributed by atoms with van der Waals surface area (Å²) in [4.78, 5) is 22.9. The number of hydrogen-bond acceptors (Lipinski definition) is 3. The van der Waals surface area contributed by atoms with Crippen LogP contribution in [0.4, 0.5) is 10.5 Å². The molecule has 0 unspecified atom stereocenters. The highest BCUT2D eigenvalue weighted by atomic mass is 79.9. The maximum atomic E-state index is 11.8. The lowest BCUT2D eigenvalue weighted by Crippen LogP contribution is -2.43. The molecule has 1 atom stereocenters. The molecule has 1 aromatic carbocycles. The number of carbonyl (C=O) groups excluding carboxylic acids is 1. The summed E-state index contributed by atoms with van der Waals surface area (Å²) >= 11 is 3.31. The average Bonchev–Trinajstić information content (AvgIpc) is 2.37. The van der Waals surface area contributed by atoms with Gasteiger partial charge >= 0.3 is 12.0 Å². The fourth-order valence-electron chi connectivity index (χ4n) is 1.76. The van der Waals surface area contributed by atoms with Gasteiger partial charge in [-0.15, -0.1) is 0 Å². The molecule has 7 heteroatoms. The van der Waals surface area contributed by atoms with E-state index >= 15 is 0 Å². The predicted molar refractivity (Wildman–Crippen MR) is 83.7 cm³/mol. The zero-order chi connectivity index (χ0) is 16.0. The Bertz CT molecular complexity index is 520. The molecule has 0 aliphatic carbocycles. The molecule has 116 valence electrons. The number of benzene rings is 1. The van der Waals surface area contributed by atoms with Crippen molar-refractivity contribution >= 4 is 33.6 Å². The summed E-state index contributed by atoms with van der Waals surface area (Å²) in [5, 5.41) is 14.1. The molecule has 0 saturated heterocycles. The van der Waals surface area contributed by atoms with Crippen molar-refractivity contribution < 1.29 is 19.4 Å². The number of methoxy groups -OCH3 is 1. The second-order valence-corrected chi connectivity index (χ2v) is 5.82. The van der Waals surface area contributed by atoms with Crippen molar-refractivity contribution in [2.45, 2.75) is 26.3 Å². The van der Waals surface area contributed by atoms with E-state index in [4.69, 9.17) is 9.84 Å². The summed E-state index contributed by atoms with van der Waals surface area (Å²) in [5.74, 6) is -0.236. The summed E-state index contributed by atoms with van der Waals surface area (Å²) in [7, 11) is 1.54. The van der Waals surface area contributed by atoms with Gasteiger partial charge in [-0.2, -0.15) is 0 Å². The molecule has 0 fully saturated rings. The van der Waals surface area contributed by atoms with E-state index in [9.17, 15) is 9.59 Å². The summed E-state index contributed by atoms with van der Waals surface area (Å²) in [6.45, 7) is 3.80. The first-order valence-corrected chi connectivity index (χ1v) is 7.26. The van der Waals surface area contributed by atoms with Crippen molar-refractivity contribution in [3.05, 3.63) is 22.7 Å². The van der Waals surface area contributed by atoms with Gasteiger partial charge in [-0.05, 0) is 46.5 Å². The van der Waals surface area contributed by atoms with Crippen molar-refractivity contribution in [2.75, 3.05) is 12.4 Å². The topological polar surface area (TPSA) is 87.7 Å². The standard InChI is InChI=1S/C14H19BrN2O4/c1-8(2)6-11(13(18)19)17-14(20)16-9-4-5-12(21-3)10(15)7-9/h4-5,7-8,11H,6H2,1-3H3,(H,18,19)(H2,16,17,20)/t11-/m1/s1. The number of ether oxygens (including phenoxy) is 1. The van der Waals surface area contributed by atoms with Crippen LogP contribution in [0.1, 0.15) is 20.3 Å². The second kappa shape index (κ2) is 7.87. The highest BCUT2D eigenvalue weighted by molar-refractivity contribution is 9.10. The number of halogens is 1. The number of hydrogen-bond donors (Lipinski definition) is 3. The summed E-state index contributed by atoms with van der Waals surface area (Å²) in [6, 6.07) is 3.58. The molecule has 1 rings (SSSR count). The van der Waals surface area contributed by atoms with Crippen LogP contribution < -0.4 is 15.4 Å². The van der Waals surface area contributed by atoms with E-state index in [2.05, 4.69) is 26.6 Å². The van der Waals surface area contributed by atoms with E-state index in [1.165, 1.54) is 0 Å². The number of anilines is 1. The third-order valence-electron chi connectivity index (χ3n) is 2.72. The third-order valence-corrected chi connectivity index (χ3v) is 3.34. The summed E-state index contributed by atoms with van der Waals surface area (Å²) in [6.07, 6.45) is 0.370. The minimum Gasteiger partial charge on any atom is -0.496 e. The Labute approximate surface area is 132 Å². The lowest BCUT2D eigenvalue weighted by Gasteiger charge is -2.17. The Hall–Kier alpha value is -1.76. The number of carboxylic acids is 1. The Kier molecular flexibility index (Phi) is 6.48. The molecule has 0 saturated carbocycles. The van der Waals surface area contributed by atoms with Crippen LogP contribution in [0.2, 0.25) is 0 Å². The molecule has 3 N–H and O–H groups in total. The van der Waals surface area contributed by atoms with E-state index in [1.807, 2.05) is 13.8 Å². The van der Waals surface area contributed by atoms with Crippen molar-refractivity contribution in [2.24, 2.45) is 5.92 Å². The fraction of sp³-hybridized carbons (Fsp3) is 0.429. The summed E-state index contributed by atoms with van der Waals surface area (Å²) in [5.41, 5.74) is 0.536. The monoisotopic (exact) mass is 358 g/mol. The van der Waals surface area contributed by atoms with E-state index in [0.717, 1.165) is 0 Å². The van der Waals surface area contributed by atoms with Crippen molar-refractivity contribution in [1.29, 1.82) is 0 Å². The van der Waals surface area contributed by atoms with E-state index < -0.39 is 18.0 Å². The van der Waals surface area contributed by atoms with Gasteiger partial charge < -0.3 is 20.5 Å². The van der Waals surface area contributed by atoms with Crippen molar-refractivity contribution in [3.8, 4) is 5.75 Å². The first-order chi connectivity index (χ1) is 9.83. The largest absolute Gasteiger partial charge is 0.496 e. The van der Waals surface area contributed by atoms with Crippen LogP contribution >= 0.6 is 15.9 Å². The summed E-state index contributed by atoms with van der Waals surface area (Å²) < 4.78 is 5.79. The zero-order valence-electron chi connectivity index (χ0n) is 12.1. The number of rotatable bonds is 6. The lowest BCUT2D eigenvalue weighted by atomic mass is 10.0. The molecule has 0 spiro atoms. The Balaban J connectivity index is 2.67. The van der Waals surface area contributed by atoms with Gasteiger partial charge in [0.25, 0.3) is 0 Å². The molecule has 21 heavy (non-hydrogen) atoms. The van der Waals surface area contributed by atoms with Crippen LogP contribution in [-0.4, -0.2) is 30.3 Å². The maximum Gasteiger partial charge on any atom is 0.326 e. The number of carbonyl (C=O) groups is 2. The van der Waals surface area contributed by atoms with Crippen LogP contribution in [-0.2, 0) is 4.79 Å². The fourth-order valence-corrected chi connectivity index (χ4v) is 2.30. The number of nitrogens with one attached hydrogen (secondary N) is 2. The van der Waals surface area contributed by atoms with Crippen LogP contribution in [0.3, 0.4) is 0 Å². The molecular weight excluding hydrogens is 340 g/mol. The highest BCUT2D eigenvalue weighted by Crippen LogP contribution is 2.27. The van der Waals surface area contributed by atoms with E-state index in [1.54, 1.807) is 25.3 Å². The van der Waals surface area contributed by atoms with Gasteiger partial charge in [0, 0.05) is 5.69 Å². The molecule has 0 bridgehead atoms. The van der Waals surface area contributed by atoms with Gasteiger partial charge in [0.2, 0.25) is 0 Å². The van der Waals surface area contributed by atoms with Gasteiger partial charge in [0.1, 0.15) is 11.8 Å². The third kappa shape index (κ3) is 5.63. The molecule has 0 heterocycles. The minimum absolute atomic E-state index is 0.168. The molecule has 0 aromatic heterocycles. The number of urea groups is 1. The normalized spacial score (nSPS) is 11.9. The molecule has 6 nitrogen and oxygen atoms in total. The molecule has 0 aliphatic rings.